The van der Waals surface area contributed by atoms with E-state index in [4.69, 9.17) is 21.1 Å². The Kier molecular flexibility index (Phi) is 6.58. The van der Waals surface area contributed by atoms with Crippen molar-refractivity contribution in [3.63, 3.8) is 0 Å². The molecule has 142 valence electrons. The average Bonchev–Trinajstić information content (AvgIpc) is 2.94. The number of aromatic nitrogens is 1. The molecule has 1 aromatic carbocycles. The second-order valence-electron chi connectivity index (χ2n) is 5.94. The third-order valence-electron chi connectivity index (χ3n) is 4.02. The number of aromatic amines is 1. The fraction of sp³-hybridized carbons (Fsp3) is 0.250. The molecule has 2 rings (SSSR count). The van der Waals surface area contributed by atoms with Gasteiger partial charge in [-0.3, -0.25) is 4.79 Å². The molecule has 0 bridgehead atoms. The fourth-order valence-electron chi connectivity index (χ4n) is 2.61. The van der Waals surface area contributed by atoms with Crippen LogP contribution in [0.15, 0.2) is 30.3 Å². The van der Waals surface area contributed by atoms with Crippen LogP contribution in [0.4, 0.5) is 0 Å². The number of carbonyl (C=O) groups excluding carboxylic acids is 3. The first kappa shape index (κ1) is 20.5. The highest BCUT2D eigenvalue weighted by Gasteiger charge is 2.26. The summed E-state index contributed by atoms with van der Waals surface area (Å²) in [6, 6.07) is 6.90. The molecule has 0 aliphatic heterocycles. The van der Waals surface area contributed by atoms with E-state index in [1.807, 2.05) is 0 Å². The van der Waals surface area contributed by atoms with Gasteiger partial charge in [-0.1, -0.05) is 23.7 Å². The maximum Gasteiger partial charge on any atom is 0.339 e. The van der Waals surface area contributed by atoms with Gasteiger partial charge < -0.3 is 14.5 Å². The van der Waals surface area contributed by atoms with E-state index in [9.17, 15) is 14.4 Å². The lowest BCUT2D eigenvalue weighted by atomic mass is 10.1. The number of halogens is 1. The van der Waals surface area contributed by atoms with Crippen molar-refractivity contribution in [1.29, 1.82) is 0 Å². The summed E-state index contributed by atoms with van der Waals surface area (Å²) in [6.45, 7) is 4.78. The number of hydrogen-bond donors (Lipinski definition) is 1. The number of ketones is 1. The topological polar surface area (TPSA) is 85.5 Å². The van der Waals surface area contributed by atoms with Gasteiger partial charge in [-0.2, -0.15) is 0 Å². The molecule has 0 unspecified atom stereocenters. The van der Waals surface area contributed by atoms with E-state index < -0.39 is 23.8 Å². The van der Waals surface area contributed by atoms with E-state index in [-0.39, 0.29) is 5.69 Å². The molecule has 1 atom stereocenters. The first-order chi connectivity index (χ1) is 12.7. The lowest BCUT2D eigenvalue weighted by Gasteiger charge is -2.10. The third-order valence-corrected chi connectivity index (χ3v) is 4.27. The van der Waals surface area contributed by atoms with Crippen molar-refractivity contribution < 1.29 is 23.9 Å². The number of methoxy groups -OCH3 is 1. The Labute approximate surface area is 162 Å². The number of hydrogen-bond acceptors (Lipinski definition) is 5. The van der Waals surface area contributed by atoms with Gasteiger partial charge in [0.05, 0.1) is 18.4 Å². The number of nitrogens with one attached hydrogen (secondary N) is 1. The number of rotatable bonds is 6. The number of aryl methyl sites for hydroxylation is 1. The van der Waals surface area contributed by atoms with Crippen molar-refractivity contribution in [2.75, 3.05) is 7.11 Å². The molecule has 1 aromatic heterocycles. The molecular weight excluding hydrogens is 370 g/mol. The molecule has 0 saturated heterocycles. The largest absolute Gasteiger partial charge is 0.465 e. The van der Waals surface area contributed by atoms with Gasteiger partial charge in [0.25, 0.3) is 0 Å². The zero-order valence-electron chi connectivity index (χ0n) is 15.5. The van der Waals surface area contributed by atoms with Gasteiger partial charge in [0.2, 0.25) is 5.78 Å². The number of benzene rings is 1. The van der Waals surface area contributed by atoms with Crippen LogP contribution in [0.1, 0.15) is 44.6 Å². The summed E-state index contributed by atoms with van der Waals surface area (Å²) >= 11 is 5.81. The molecule has 1 N–H and O–H groups in total. The molecule has 0 aliphatic rings. The smallest absolute Gasteiger partial charge is 0.339 e. The molecule has 0 spiro atoms. The Morgan fingerprint density at radius 1 is 1.15 bits per heavy atom. The van der Waals surface area contributed by atoms with E-state index in [0.717, 1.165) is 5.56 Å². The molecule has 0 radical (unpaired) electrons. The first-order valence-electron chi connectivity index (χ1n) is 8.20. The number of carbonyl (C=O) groups is 3. The Morgan fingerprint density at radius 2 is 1.78 bits per heavy atom. The fourth-order valence-corrected chi connectivity index (χ4v) is 2.74. The molecule has 0 fully saturated rings. The molecule has 0 aliphatic carbocycles. The monoisotopic (exact) mass is 389 g/mol. The van der Waals surface area contributed by atoms with E-state index in [2.05, 4.69) is 4.98 Å². The van der Waals surface area contributed by atoms with Crippen LogP contribution in [0.25, 0.3) is 6.08 Å². The molecule has 27 heavy (non-hydrogen) atoms. The van der Waals surface area contributed by atoms with Crippen LogP contribution in [0, 0.1) is 13.8 Å². The van der Waals surface area contributed by atoms with Crippen molar-refractivity contribution in [2.24, 2.45) is 0 Å². The lowest BCUT2D eigenvalue weighted by molar-refractivity contribution is -0.140. The van der Waals surface area contributed by atoms with Gasteiger partial charge in [0.1, 0.15) is 0 Å². The van der Waals surface area contributed by atoms with Crippen molar-refractivity contribution in [3.05, 3.63) is 63.4 Å². The summed E-state index contributed by atoms with van der Waals surface area (Å²) in [6.07, 6.45) is 1.78. The summed E-state index contributed by atoms with van der Waals surface area (Å²) in [5.41, 5.74) is 2.28. The molecule has 7 heteroatoms. The van der Waals surface area contributed by atoms with Crippen LogP contribution in [0.5, 0.6) is 0 Å². The predicted molar refractivity (Wildman–Crippen MR) is 102 cm³/mol. The number of esters is 2. The minimum atomic E-state index is -1.02. The number of ether oxygens (including phenoxy) is 2. The molecule has 6 nitrogen and oxygen atoms in total. The molecule has 0 saturated carbocycles. The summed E-state index contributed by atoms with van der Waals surface area (Å²) < 4.78 is 9.89. The number of H-pyrrole nitrogens is 1. The van der Waals surface area contributed by atoms with Crippen LogP contribution in [0.2, 0.25) is 5.02 Å². The van der Waals surface area contributed by atoms with Crippen molar-refractivity contribution in [1.82, 2.24) is 4.98 Å². The zero-order chi connectivity index (χ0) is 20.1. The van der Waals surface area contributed by atoms with E-state index in [0.29, 0.717) is 21.8 Å². The zero-order valence-corrected chi connectivity index (χ0v) is 16.2. The SMILES string of the molecule is COC(=O)c1c(C)[nH]c(C(=O)[C@H](C)OC(=O)/C=C/c2ccc(Cl)cc2)c1C. The Hall–Kier alpha value is -2.86. The Balaban J connectivity index is 2.08. The minimum absolute atomic E-state index is 0.217. The van der Waals surface area contributed by atoms with Crippen molar-refractivity contribution >= 4 is 35.4 Å². The van der Waals surface area contributed by atoms with Crippen molar-refractivity contribution in [3.8, 4) is 0 Å². The van der Waals surface area contributed by atoms with Gasteiger partial charge in [-0.25, -0.2) is 9.59 Å². The summed E-state index contributed by atoms with van der Waals surface area (Å²) in [7, 11) is 1.27. The molecule has 0 amide bonds. The molecule has 1 heterocycles. The van der Waals surface area contributed by atoms with E-state index >= 15 is 0 Å². The highest BCUT2D eigenvalue weighted by atomic mass is 35.5. The maximum atomic E-state index is 12.6. The average molecular weight is 390 g/mol. The van der Waals surface area contributed by atoms with Crippen molar-refractivity contribution in [2.45, 2.75) is 26.9 Å². The van der Waals surface area contributed by atoms with Crippen LogP contribution >= 0.6 is 11.6 Å². The Morgan fingerprint density at radius 3 is 2.37 bits per heavy atom. The van der Waals surface area contributed by atoms with E-state index in [1.54, 1.807) is 44.2 Å². The van der Waals surface area contributed by atoms with Gasteiger partial charge in [-0.15, -0.1) is 0 Å². The molecule has 2 aromatic rings. The second kappa shape index (κ2) is 8.68. The van der Waals surface area contributed by atoms with Crippen LogP contribution in [0.3, 0.4) is 0 Å². The Bertz CT molecular complexity index is 896. The quantitative estimate of drug-likeness (QED) is 0.460. The van der Waals surface area contributed by atoms with Gasteiger partial charge in [-0.05, 0) is 50.1 Å². The van der Waals surface area contributed by atoms with Crippen LogP contribution < -0.4 is 0 Å². The lowest BCUT2D eigenvalue weighted by Crippen LogP contribution is -2.24. The summed E-state index contributed by atoms with van der Waals surface area (Å²) in [5.74, 6) is -1.62. The van der Waals surface area contributed by atoms with Gasteiger partial charge >= 0.3 is 11.9 Å². The summed E-state index contributed by atoms with van der Waals surface area (Å²) in [4.78, 5) is 39.3. The van der Waals surface area contributed by atoms with Gasteiger partial charge in [0, 0.05) is 16.8 Å². The minimum Gasteiger partial charge on any atom is -0.465 e. The molecular formula is C20H20ClNO5. The highest BCUT2D eigenvalue weighted by Crippen LogP contribution is 2.21. The normalized spacial score (nSPS) is 12.0. The first-order valence-corrected chi connectivity index (χ1v) is 8.58. The highest BCUT2D eigenvalue weighted by molar-refractivity contribution is 6.30. The summed E-state index contributed by atoms with van der Waals surface area (Å²) in [5, 5.41) is 0.594. The standard InChI is InChI=1S/C20H20ClNO5/c1-11-17(20(25)26-4)12(2)22-18(11)19(24)13(3)27-16(23)10-7-14-5-8-15(21)9-6-14/h5-10,13,22H,1-4H3/b10-7+/t13-/m0/s1. The van der Waals surface area contributed by atoms with Crippen LogP contribution in [-0.4, -0.2) is 35.9 Å². The number of Topliss-reactive ketones (excluding diaryl/α,β-unsaturated/α-hetero) is 1. The second-order valence-corrected chi connectivity index (χ2v) is 6.38. The van der Waals surface area contributed by atoms with Gasteiger partial charge in [0.15, 0.2) is 6.10 Å². The van der Waals surface area contributed by atoms with E-state index in [1.165, 1.54) is 20.1 Å². The predicted octanol–water partition coefficient (Wildman–Crippen LogP) is 3.90. The third kappa shape index (κ3) is 4.86. The maximum absolute atomic E-state index is 12.6. The van der Waals surface area contributed by atoms with Crippen LogP contribution in [-0.2, 0) is 14.3 Å².